The SMILES string of the molecule is COc1ccccc1-c1cc(=O)n(C2CCCCC2)c2nc(N3CCC(NCCc4ccccc4)CC3)ncc12. The number of aromatic nitrogens is 3. The van der Waals surface area contributed by atoms with Crippen molar-refractivity contribution in [3.05, 3.63) is 82.8 Å². The van der Waals surface area contributed by atoms with Crippen LogP contribution in [0.5, 0.6) is 5.75 Å². The van der Waals surface area contributed by atoms with E-state index in [0.29, 0.717) is 6.04 Å². The average Bonchev–Trinajstić information content (AvgIpc) is 3.01. The van der Waals surface area contributed by atoms with Crippen molar-refractivity contribution in [1.29, 1.82) is 0 Å². The largest absolute Gasteiger partial charge is 0.496 e. The van der Waals surface area contributed by atoms with Gasteiger partial charge in [0, 0.05) is 53.9 Å². The summed E-state index contributed by atoms with van der Waals surface area (Å²) >= 11 is 0. The van der Waals surface area contributed by atoms with Crippen molar-refractivity contribution in [2.75, 3.05) is 31.6 Å². The van der Waals surface area contributed by atoms with Crippen molar-refractivity contribution >= 4 is 17.0 Å². The zero-order valence-corrected chi connectivity index (χ0v) is 23.4. The maximum absolute atomic E-state index is 13.7. The van der Waals surface area contributed by atoms with Gasteiger partial charge in [0.2, 0.25) is 5.95 Å². The van der Waals surface area contributed by atoms with E-state index in [1.54, 1.807) is 13.2 Å². The van der Waals surface area contributed by atoms with Gasteiger partial charge in [-0.15, -0.1) is 0 Å². The lowest BCUT2D eigenvalue weighted by molar-refractivity contribution is 0.353. The summed E-state index contributed by atoms with van der Waals surface area (Å²) in [5, 5.41) is 4.64. The highest BCUT2D eigenvalue weighted by Gasteiger charge is 2.25. The normalized spacial score (nSPS) is 16.9. The highest BCUT2D eigenvalue weighted by atomic mass is 16.5. The molecule has 2 aliphatic rings. The number of rotatable bonds is 8. The van der Waals surface area contributed by atoms with Gasteiger partial charge in [-0.05, 0) is 50.3 Å². The van der Waals surface area contributed by atoms with Crippen LogP contribution in [0.15, 0.2) is 71.7 Å². The lowest BCUT2D eigenvalue weighted by Gasteiger charge is -2.33. The van der Waals surface area contributed by atoms with Crippen LogP contribution in [-0.4, -0.2) is 47.3 Å². The molecule has 1 aliphatic carbocycles. The Bertz CT molecular complexity index is 1490. The quantitative estimate of drug-likeness (QED) is 0.308. The van der Waals surface area contributed by atoms with Crippen LogP contribution in [-0.2, 0) is 6.42 Å². The number of ether oxygens (including phenoxy) is 1. The molecule has 40 heavy (non-hydrogen) atoms. The molecule has 2 aromatic heterocycles. The van der Waals surface area contributed by atoms with Gasteiger partial charge in [0.05, 0.1) is 7.11 Å². The fourth-order valence-electron chi connectivity index (χ4n) is 6.40. The van der Waals surface area contributed by atoms with Crippen LogP contribution >= 0.6 is 0 Å². The third-order valence-electron chi connectivity index (χ3n) is 8.58. The van der Waals surface area contributed by atoms with E-state index in [0.717, 1.165) is 98.4 Å². The maximum Gasteiger partial charge on any atom is 0.253 e. The molecule has 4 aromatic rings. The number of nitrogens with one attached hydrogen (secondary N) is 1. The number of benzene rings is 2. The second-order valence-corrected chi connectivity index (χ2v) is 11.1. The fourth-order valence-corrected chi connectivity index (χ4v) is 6.40. The maximum atomic E-state index is 13.7. The Hall–Kier alpha value is -3.71. The van der Waals surface area contributed by atoms with Gasteiger partial charge in [0.15, 0.2) is 0 Å². The molecule has 7 nitrogen and oxygen atoms in total. The number of hydrogen-bond donors (Lipinski definition) is 1. The number of anilines is 1. The zero-order valence-electron chi connectivity index (χ0n) is 23.4. The summed E-state index contributed by atoms with van der Waals surface area (Å²) in [5.41, 5.74) is 3.84. The molecule has 1 N–H and O–H groups in total. The van der Waals surface area contributed by atoms with Crippen molar-refractivity contribution in [2.24, 2.45) is 0 Å². The molecule has 1 aliphatic heterocycles. The number of pyridine rings is 1. The van der Waals surface area contributed by atoms with Crippen molar-refractivity contribution in [3.8, 4) is 16.9 Å². The first-order chi connectivity index (χ1) is 19.7. The molecule has 0 amide bonds. The summed E-state index contributed by atoms with van der Waals surface area (Å²) in [4.78, 5) is 26.0. The fraction of sp³-hybridized carbons (Fsp3) is 0.424. The molecule has 0 atom stereocenters. The van der Waals surface area contributed by atoms with E-state index >= 15 is 0 Å². The third kappa shape index (κ3) is 5.61. The summed E-state index contributed by atoms with van der Waals surface area (Å²) in [6.45, 7) is 2.78. The minimum absolute atomic E-state index is 0.00582. The van der Waals surface area contributed by atoms with Crippen molar-refractivity contribution in [3.63, 3.8) is 0 Å². The minimum Gasteiger partial charge on any atom is -0.496 e. The Morgan fingerprint density at radius 3 is 2.45 bits per heavy atom. The van der Waals surface area contributed by atoms with Gasteiger partial charge in [-0.25, -0.2) is 4.98 Å². The van der Waals surface area contributed by atoms with Gasteiger partial charge >= 0.3 is 0 Å². The van der Waals surface area contributed by atoms with E-state index in [1.165, 1.54) is 12.0 Å². The number of nitrogens with zero attached hydrogens (tertiary/aromatic N) is 4. The molecule has 2 fully saturated rings. The second-order valence-electron chi connectivity index (χ2n) is 11.1. The van der Waals surface area contributed by atoms with Crippen molar-refractivity contribution in [2.45, 2.75) is 63.5 Å². The summed E-state index contributed by atoms with van der Waals surface area (Å²) in [6, 6.07) is 20.9. The summed E-state index contributed by atoms with van der Waals surface area (Å²) in [5.74, 6) is 1.46. The molecule has 3 heterocycles. The third-order valence-corrected chi connectivity index (χ3v) is 8.58. The smallest absolute Gasteiger partial charge is 0.253 e. The Kier molecular flexibility index (Phi) is 8.09. The molecule has 0 unspecified atom stereocenters. The summed E-state index contributed by atoms with van der Waals surface area (Å²) in [7, 11) is 1.67. The molecule has 0 spiro atoms. The Balaban J connectivity index is 1.27. The second kappa shape index (κ2) is 12.2. The summed E-state index contributed by atoms with van der Waals surface area (Å²) in [6.07, 6.45) is 10.6. The zero-order chi connectivity index (χ0) is 27.3. The van der Waals surface area contributed by atoms with E-state index in [2.05, 4.69) is 40.5 Å². The number of para-hydroxylation sites is 1. The van der Waals surface area contributed by atoms with E-state index < -0.39 is 0 Å². The number of piperidine rings is 1. The first-order valence-corrected chi connectivity index (χ1v) is 14.8. The van der Waals surface area contributed by atoms with Crippen LogP contribution in [0.4, 0.5) is 5.95 Å². The van der Waals surface area contributed by atoms with E-state index in [-0.39, 0.29) is 11.6 Å². The van der Waals surface area contributed by atoms with Gasteiger partial charge in [-0.3, -0.25) is 9.36 Å². The molecular formula is C33H39N5O2. The Morgan fingerprint density at radius 1 is 0.925 bits per heavy atom. The molecule has 2 aromatic carbocycles. The molecule has 0 radical (unpaired) electrons. The van der Waals surface area contributed by atoms with Crippen LogP contribution < -0.4 is 20.5 Å². The Labute approximate surface area is 236 Å². The predicted octanol–water partition coefficient (Wildman–Crippen LogP) is 5.77. The minimum atomic E-state index is 0.00582. The highest BCUT2D eigenvalue weighted by Crippen LogP contribution is 2.36. The van der Waals surface area contributed by atoms with Gasteiger partial charge in [-0.2, -0.15) is 4.98 Å². The van der Waals surface area contributed by atoms with Crippen molar-refractivity contribution < 1.29 is 4.74 Å². The number of methoxy groups -OCH3 is 1. The molecule has 208 valence electrons. The standard InChI is InChI=1S/C33H39N5O2/c1-40-30-15-9-8-14-27(30)28-22-31(39)38(26-12-6-3-7-13-26)32-29(28)23-35-33(36-32)37-20-17-25(18-21-37)34-19-16-24-10-4-2-5-11-24/h2,4-5,8-11,14-15,22-23,25-26,34H,3,6-7,12-13,16-21H2,1H3. The molecular weight excluding hydrogens is 498 g/mol. The number of hydrogen-bond acceptors (Lipinski definition) is 6. The molecule has 1 saturated carbocycles. The van der Waals surface area contributed by atoms with Gasteiger partial charge in [0.25, 0.3) is 5.56 Å². The van der Waals surface area contributed by atoms with Crippen LogP contribution in [0, 0.1) is 0 Å². The highest BCUT2D eigenvalue weighted by molar-refractivity contribution is 5.94. The van der Waals surface area contributed by atoms with Crippen LogP contribution in [0.2, 0.25) is 0 Å². The monoisotopic (exact) mass is 537 g/mol. The summed E-state index contributed by atoms with van der Waals surface area (Å²) < 4.78 is 7.61. The van der Waals surface area contributed by atoms with E-state index in [4.69, 9.17) is 14.7 Å². The predicted molar refractivity (Wildman–Crippen MR) is 161 cm³/mol. The van der Waals surface area contributed by atoms with Crippen LogP contribution in [0.1, 0.15) is 56.6 Å². The molecule has 1 saturated heterocycles. The Morgan fingerprint density at radius 2 is 1.68 bits per heavy atom. The van der Waals surface area contributed by atoms with Gasteiger partial charge < -0.3 is 15.0 Å². The van der Waals surface area contributed by atoms with Gasteiger partial charge in [-0.1, -0.05) is 67.8 Å². The van der Waals surface area contributed by atoms with Crippen LogP contribution in [0.25, 0.3) is 22.2 Å². The lowest BCUT2D eigenvalue weighted by Crippen LogP contribution is -2.43. The molecule has 0 bridgehead atoms. The molecule has 6 rings (SSSR count). The lowest BCUT2D eigenvalue weighted by atomic mass is 9.94. The number of fused-ring (bicyclic) bond motifs is 1. The first-order valence-electron chi connectivity index (χ1n) is 14.8. The van der Waals surface area contributed by atoms with Crippen molar-refractivity contribution in [1.82, 2.24) is 19.9 Å². The van der Waals surface area contributed by atoms with E-state index in [9.17, 15) is 4.79 Å². The topological polar surface area (TPSA) is 72.3 Å². The first kappa shape index (κ1) is 26.5. The van der Waals surface area contributed by atoms with Gasteiger partial charge in [0.1, 0.15) is 11.4 Å². The molecule has 7 heteroatoms. The average molecular weight is 538 g/mol. The van der Waals surface area contributed by atoms with Crippen LogP contribution in [0.3, 0.4) is 0 Å². The van der Waals surface area contributed by atoms with E-state index in [1.807, 2.05) is 35.0 Å².